The molecule has 2 heterocycles. The monoisotopic (exact) mass is 499 g/mol. The lowest BCUT2D eigenvalue weighted by atomic mass is 10.0. The van der Waals surface area contributed by atoms with Gasteiger partial charge in [0, 0.05) is 11.4 Å². The van der Waals surface area contributed by atoms with E-state index in [2.05, 4.69) is 29.8 Å². The molecular formula is C25H29N3O6S. The van der Waals surface area contributed by atoms with Crippen molar-refractivity contribution in [3.8, 4) is 0 Å². The maximum atomic E-state index is 12.4. The Morgan fingerprint density at radius 3 is 2.46 bits per heavy atom. The van der Waals surface area contributed by atoms with E-state index in [1.54, 1.807) is 24.3 Å². The highest BCUT2D eigenvalue weighted by atomic mass is 32.1. The van der Waals surface area contributed by atoms with Crippen LogP contribution in [-0.4, -0.2) is 61.9 Å². The smallest absolute Gasteiger partial charge is 0.412 e. The molecule has 0 unspecified atom stereocenters. The lowest BCUT2D eigenvalue weighted by Gasteiger charge is -2.20. The third kappa shape index (κ3) is 6.08. The number of nitrogens with one attached hydrogen (secondary N) is 3. The number of fused-ring (bicyclic) bond motifs is 1. The Morgan fingerprint density at radius 1 is 1.00 bits per heavy atom. The van der Waals surface area contributed by atoms with Crippen molar-refractivity contribution in [1.82, 2.24) is 5.32 Å². The van der Waals surface area contributed by atoms with Gasteiger partial charge in [0.25, 0.3) is 0 Å². The number of thiocarbonyl (C=S) groups is 1. The zero-order chi connectivity index (χ0) is 24.9. The SMILES string of the molecule is COC(=O)c1cccc(NC(=S)N[C@H]2CO[C@H]3[C@H]2OC[C@@H]3OC(=O)Nc2ccc(C(C)C)cc2)c1. The van der Waals surface area contributed by atoms with Crippen LogP contribution >= 0.6 is 12.2 Å². The number of ether oxygens (including phenoxy) is 4. The number of rotatable bonds is 6. The molecule has 0 aromatic heterocycles. The second-order valence-electron chi connectivity index (χ2n) is 8.72. The number of benzene rings is 2. The molecule has 35 heavy (non-hydrogen) atoms. The predicted octanol–water partition coefficient (Wildman–Crippen LogP) is 3.67. The fraction of sp³-hybridized carbons (Fsp3) is 0.400. The first kappa shape index (κ1) is 24.9. The number of methoxy groups -OCH3 is 1. The van der Waals surface area contributed by atoms with E-state index in [9.17, 15) is 9.59 Å². The number of hydrogen-bond acceptors (Lipinski definition) is 7. The van der Waals surface area contributed by atoms with E-state index in [-0.39, 0.29) is 18.8 Å². The van der Waals surface area contributed by atoms with Gasteiger partial charge in [0.05, 0.1) is 31.9 Å². The van der Waals surface area contributed by atoms with Gasteiger partial charge in [-0.2, -0.15) is 0 Å². The van der Waals surface area contributed by atoms with Crippen LogP contribution in [0.15, 0.2) is 48.5 Å². The molecule has 9 nitrogen and oxygen atoms in total. The molecule has 186 valence electrons. The average Bonchev–Trinajstić information content (AvgIpc) is 3.42. The summed E-state index contributed by atoms with van der Waals surface area (Å²) in [6.07, 6.45) is -1.80. The van der Waals surface area contributed by atoms with E-state index in [1.807, 2.05) is 24.3 Å². The summed E-state index contributed by atoms with van der Waals surface area (Å²) in [7, 11) is 1.33. The van der Waals surface area contributed by atoms with Crippen molar-refractivity contribution in [2.45, 2.75) is 44.1 Å². The fourth-order valence-electron chi connectivity index (χ4n) is 4.10. The third-order valence-electron chi connectivity index (χ3n) is 5.95. The Morgan fingerprint density at radius 2 is 1.74 bits per heavy atom. The second-order valence-corrected chi connectivity index (χ2v) is 9.13. The number of carbonyl (C=O) groups excluding carboxylic acids is 2. The van der Waals surface area contributed by atoms with Crippen LogP contribution in [0.5, 0.6) is 0 Å². The Bertz CT molecular complexity index is 1080. The van der Waals surface area contributed by atoms with Crippen LogP contribution < -0.4 is 16.0 Å². The maximum absolute atomic E-state index is 12.4. The molecule has 4 atom stereocenters. The van der Waals surface area contributed by atoms with Crippen LogP contribution in [0, 0.1) is 0 Å². The van der Waals surface area contributed by atoms with Crippen molar-refractivity contribution in [3.05, 3.63) is 59.7 Å². The summed E-state index contributed by atoms with van der Waals surface area (Å²) >= 11 is 5.42. The van der Waals surface area contributed by atoms with Crippen LogP contribution in [0.1, 0.15) is 35.7 Å². The van der Waals surface area contributed by atoms with Gasteiger partial charge in [-0.25, -0.2) is 9.59 Å². The minimum absolute atomic E-state index is 0.218. The summed E-state index contributed by atoms with van der Waals surface area (Å²) in [5.74, 6) is -0.0145. The first-order chi connectivity index (χ1) is 16.8. The molecule has 0 radical (unpaired) electrons. The van der Waals surface area contributed by atoms with Gasteiger partial charge in [-0.1, -0.05) is 32.0 Å². The first-order valence-corrected chi connectivity index (χ1v) is 11.8. The normalized spacial score (nSPS) is 22.9. The summed E-state index contributed by atoms with van der Waals surface area (Å²) in [6, 6.07) is 14.3. The third-order valence-corrected chi connectivity index (χ3v) is 6.17. The minimum atomic E-state index is -0.556. The Labute approximate surface area is 209 Å². The molecule has 2 fully saturated rings. The van der Waals surface area contributed by atoms with Gasteiger partial charge in [0.2, 0.25) is 0 Å². The summed E-state index contributed by atoms with van der Waals surface area (Å²) < 4.78 is 22.1. The summed E-state index contributed by atoms with van der Waals surface area (Å²) in [5.41, 5.74) is 2.91. The van der Waals surface area contributed by atoms with Gasteiger partial charge < -0.3 is 29.6 Å². The topological polar surface area (TPSA) is 107 Å². The van der Waals surface area contributed by atoms with Crippen molar-refractivity contribution in [2.75, 3.05) is 31.0 Å². The van der Waals surface area contributed by atoms with Gasteiger partial charge in [-0.05, 0) is 54.0 Å². The van der Waals surface area contributed by atoms with Gasteiger partial charge >= 0.3 is 12.1 Å². The van der Waals surface area contributed by atoms with E-state index in [4.69, 9.17) is 31.2 Å². The van der Waals surface area contributed by atoms with E-state index in [0.29, 0.717) is 34.6 Å². The predicted molar refractivity (Wildman–Crippen MR) is 135 cm³/mol. The number of amides is 1. The van der Waals surface area contributed by atoms with Crippen LogP contribution in [0.3, 0.4) is 0 Å². The van der Waals surface area contributed by atoms with Crippen LogP contribution in [-0.2, 0) is 18.9 Å². The minimum Gasteiger partial charge on any atom is -0.465 e. The molecule has 1 amide bonds. The van der Waals surface area contributed by atoms with E-state index in [0.717, 1.165) is 0 Å². The zero-order valence-corrected chi connectivity index (χ0v) is 20.6. The lowest BCUT2D eigenvalue weighted by Crippen LogP contribution is -2.46. The highest BCUT2D eigenvalue weighted by Crippen LogP contribution is 2.29. The Hall–Kier alpha value is -3.21. The van der Waals surface area contributed by atoms with Gasteiger partial charge in [0.1, 0.15) is 12.2 Å². The highest BCUT2D eigenvalue weighted by molar-refractivity contribution is 7.80. The van der Waals surface area contributed by atoms with Crippen LogP contribution in [0.25, 0.3) is 0 Å². The molecule has 2 saturated heterocycles. The zero-order valence-electron chi connectivity index (χ0n) is 19.8. The molecular weight excluding hydrogens is 470 g/mol. The van der Waals surface area contributed by atoms with Crippen molar-refractivity contribution in [2.24, 2.45) is 0 Å². The molecule has 2 aromatic carbocycles. The molecule has 3 N–H and O–H groups in total. The number of carbonyl (C=O) groups is 2. The van der Waals surface area contributed by atoms with Gasteiger partial charge in [-0.3, -0.25) is 5.32 Å². The summed E-state index contributed by atoms with van der Waals surface area (Å²) in [4.78, 5) is 24.1. The lowest BCUT2D eigenvalue weighted by molar-refractivity contribution is 0.00880. The van der Waals surface area contributed by atoms with Crippen molar-refractivity contribution in [1.29, 1.82) is 0 Å². The molecule has 2 aliphatic heterocycles. The van der Waals surface area contributed by atoms with E-state index >= 15 is 0 Å². The van der Waals surface area contributed by atoms with Crippen molar-refractivity contribution >= 4 is 40.8 Å². The molecule has 0 spiro atoms. The number of anilines is 2. The number of esters is 1. The average molecular weight is 500 g/mol. The van der Waals surface area contributed by atoms with Gasteiger partial charge in [-0.15, -0.1) is 0 Å². The molecule has 0 bridgehead atoms. The molecule has 10 heteroatoms. The molecule has 0 aliphatic carbocycles. The summed E-state index contributed by atoms with van der Waals surface area (Å²) in [5, 5.41) is 9.35. The molecule has 2 aliphatic rings. The highest BCUT2D eigenvalue weighted by Gasteiger charge is 2.49. The van der Waals surface area contributed by atoms with E-state index in [1.165, 1.54) is 12.7 Å². The summed E-state index contributed by atoms with van der Waals surface area (Å²) in [6.45, 7) is 4.80. The Balaban J connectivity index is 1.27. The van der Waals surface area contributed by atoms with Gasteiger partial charge in [0.15, 0.2) is 11.2 Å². The van der Waals surface area contributed by atoms with Crippen molar-refractivity contribution in [3.63, 3.8) is 0 Å². The number of hydrogen-bond donors (Lipinski definition) is 3. The second kappa shape index (κ2) is 11.0. The molecule has 0 saturated carbocycles. The first-order valence-electron chi connectivity index (χ1n) is 11.4. The largest absolute Gasteiger partial charge is 0.465 e. The van der Waals surface area contributed by atoms with E-state index < -0.39 is 24.3 Å². The molecule has 4 rings (SSSR count). The maximum Gasteiger partial charge on any atom is 0.412 e. The Kier molecular flexibility index (Phi) is 7.84. The quantitative estimate of drug-likeness (QED) is 0.405. The van der Waals surface area contributed by atoms with Crippen LogP contribution in [0.4, 0.5) is 16.2 Å². The standard InChI is InChI=1S/C25H29N3O6S/c1-14(2)15-7-9-17(10-8-15)27-25(30)34-20-13-33-21-19(12-32-22(20)21)28-24(35)26-18-6-4-5-16(11-18)23(29)31-3/h4-11,14,19-22H,12-13H2,1-3H3,(H,27,30)(H2,26,28,35)/t19-,20-,21-,22+/m0/s1. The van der Waals surface area contributed by atoms with Crippen molar-refractivity contribution < 1.29 is 28.5 Å². The van der Waals surface area contributed by atoms with Crippen LogP contribution in [0.2, 0.25) is 0 Å². The fourth-order valence-corrected chi connectivity index (χ4v) is 4.37. The molecule has 2 aromatic rings.